The lowest BCUT2D eigenvalue weighted by molar-refractivity contribution is -0.195. The van der Waals surface area contributed by atoms with Crippen LogP contribution >= 0.6 is 0 Å². The Morgan fingerprint density at radius 1 is 1.03 bits per heavy atom. The van der Waals surface area contributed by atoms with E-state index in [1.165, 1.54) is 12.0 Å². The zero-order valence-corrected chi connectivity index (χ0v) is 23.2. The van der Waals surface area contributed by atoms with E-state index in [1.54, 1.807) is 14.8 Å². The van der Waals surface area contributed by atoms with Gasteiger partial charge in [-0.3, -0.25) is 14.4 Å². The number of nitriles is 1. The molecule has 0 radical (unpaired) electrons. The van der Waals surface area contributed by atoms with E-state index in [2.05, 4.69) is 37.8 Å². The standard InChI is InChI=1S/C25H29N5O3.C3H8.CH3NO/c1-20-7-9-22(10-8-20)19-33-14-13-27-16-23-29(18-24(27)31)25(32)17-28(12-11-26)30(23)15-21-5-3-2-4-6-21;1-3-2;2-1-3/h2-10,23H,12-19H2,1H3;3H2,1-2H3;1H,(H2,2,3). The lowest BCUT2D eigenvalue weighted by Gasteiger charge is -2.52. The van der Waals surface area contributed by atoms with Crippen LogP contribution in [0.15, 0.2) is 54.6 Å². The summed E-state index contributed by atoms with van der Waals surface area (Å²) in [6.07, 6.45) is 1.19. The predicted molar refractivity (Wildman–Crippen MR) is 148 cm³/mol. The van der Waals surface area contributed by atoms with E-state index in [0.29, 0.717) is 32.8 Å². The van der Waals surface area contributed by atoms with Gasteiger partial charge in [0.25, 0.3) is 0 Å². The third-order valence-corrected chi connectivity index (χ3v) is 6.08. The molecule has 3 amide bonds. The largest absolute Gasteiger partial charge is 0.375 e. The maximum absolute atomic E-state index is 12.8. The molecular formula is C29H40N6O4. The van der Waals surface area contributed by atoms with Crippen LogP contribution in [0.25, 0.3) is 0 Å². The number of hydrogen-bond donors (Lipinski definition) is 1. The van der Waals surface area contributed by atoms with Gasteiger partial charge in [0.1, 0.15) is 19.3 Å². The Labute approximate surface area is 231 Å². The van der Waals surface area contributed by atoms with Crippen LogP contribution in [-0.2, 0) is 32.3 Å². The first kappa shape index (κ1) is 31.4. The number of hydrazine groups is 1. The Morgan fingerprint density at radius 2 is 1.67 bits per heavy atom. The highest BCUT2D eigenvalue weighted by Gasteiger charge is 2.44. The van der Waals surface area contributed by atoms with Crippen molar-refractivity contribution in [2.75, 3.05) is 39.3 Å². The van der Waals surface area contributed by atoms with Gasteiger partial charge in [-0.25, -0.2) is 10.0 Å². The highest BCUT2D eigenvalue weighted by Crippen LogP contribution is 2.24. The first-order valence-corrected chi connectivity index (χ1v) is 13.2. The van der Waals surface area contributed by atoms with Crippen LogP contribution in [0, 0.1) is 18.3 Å². The number of rotatable bonds is 8. The van der Waals surface area contributed by atoms with Crippen molar-refractivity contribution in [2.24, 2.45) is 5.73 Å². The third-order valence-electron chi connectivity index (χ3n) is 6.08. The number of hydrogen-bond acceptors (Lipinski definition) is 7. The van der Waals surface area contributed by atoms with Gasteiger partial charge in [-0.1, -0.05) is 80.4 Å². The number of fused-ring (bicyclic) bond motifs is 1. The van der Waals surface area contributed by atoms with Gasteiger partial charge in [0, 0.05) is 13.1 Å². The highest BCUT2D eigenvalue weighted by atomic mass is 16.5. The summed E-state index contributed by atoms with van der Waals surface area (Å²) in [7, 11) is 0. The molecule has 0 bridgehead atoms. The first-order valence-electron chi connectivity index (χ1n) is 13.2. The van der Waals surface area contributed by atoms with E-state index in [-0.39, 0.29) is 44.0 Å². The van der Waals surface area contributed by atoms with Gasteiger partial charge in [0.2, 0.25) is 18.2 Å². The van der Waals surface area contributed by atoms with Gasteiger partial charge in [-0.15, -0.1) is 0 Å². The van der Waals surface area contributed by atoms with Crippen LogP contribution in [0.1, 0.15) is 37.0 Å². The lowest BCUT2D eigenvalue weighted by Crippen LogP contribution is -2.71. The summed E-state index contributed by atoms with van der Waals surface area (Å²) in [5, 5.41) is 13.1. The summed E-state index contributed by atoms with van der Waals surface area (Å²) in [5.74, 6) is -0.199. The van der Waals surface area contributed by atoms with Crippen molar-refractivity contribution in [2.45, 2.75) is 46.5 Å². The average Bonchev–Trinajstić information content (AvgIpc) is 2.92. The minimum absolute atomic E-state index is 0.0488. The molecule has 2 heterocycles. The van der Waals surface area contributed by atoms with Gasteiger partial charge in [0.05, 0.1) is 32.4 Å². The van der Waals surface area contributed by atoms with Crippen LogP contribution in [-0.4, -0.2) is 83.5 Å². The van der Waals surface area contributed by atoms with Crippen LogP contribution in [0.4, 0.5) is 0 Å². The number of carbonyl (C=O) groups excluding carboxylic acids is 3. The second kappa shape index (κ2) is 16.9. The molecule has 10 nitrogen and oxygen atoms in total. The first-order chi connectivity index (χ1) is 18.9. The number of piperazine rings is 1. The number of benzene rings is 2. The molecule has 2 aromatic rings. The molecule has 2 saturated heterocycles. The molecule has 0 aliphatic carbocycles. The second-order valence-corrected chi connectivity index (χ2v) is 9.29. The number of ether oxygens (including phenoxy) is 1. The monoisotopic (exact) mass is 536 g/mol. The number of amides is 3. The van der Waals surface area contributed by atoms with Gasteiger partial charge < -0.3 is 20.3 Å². The number of primary amides is 1. The molecule has 2 fully saturated rings. The molecule has 1 atom stereocenters. The summed E-state index contributed by atoms with van der Waals surface area (Å²) in [6.45, 7) is 8.88. The normalized spacial score (nSPS) is 17.2. The fourth-order valence-electron chi connectivity index (χ4n) is 4.25. The summed E-state index contributed by atoms with van der Waals surface area (Å²) in [5.41, 5.74) is 7.55. The Kier molecular flexibility index (Phi) is 13.7. The summed E-state index contributed by atoms with van der Waals surface area (Å²) in [6, 6.07) is 20.3. The van der Waals surface area contributed by atoms with Crippen molar-refractivity contribution in [1.82, 2.24) is 19.8 Å². The van der Waals surface area contributed by atoms with Crippen LogP contribution in [0.3, 0.4) is 0 Å². The maximum Gasteiger partial charge on any atom is 0.242 e. The van der Waals surface area contributed by atoms with Crippen molar-refractivity contribution >= 4 is 18.2 Å². The molecule has 1 unspecified atom stereocenters. The van der Waals surface area contributed by atoms with Crippen molar-refractivity contribution in [3.8, 4) is 6.07 Å². The highest BCUT2D eigenvalue weighted by molar-refractivity contribution is 5.87. The molecule has 0 saturated carbocycles. The van der Waals surface area contributed by atoms with Crippen LogP contribution < -0.4 is 5.73 Å². The van der Waals surface area contributed by atoms with Crippen molar-refractivity contribution in [3.63, 3.8) is 0 Å². The topological polar surface area (TPSA) is 123 Å². The van der Waals surface area contributed by atoms with Gasteiger partial charge >= 0.3 is 0 Å². The molecule has 2 aliphatic rings. The second-order valence-electron chi connectivity index (χ2n) is 9.29. The van der Waals surface area contributed by atoms with Crippen molar-refractivity contribution < 1.29 is 19.1 Å². The van der Waals surface area contributed by atoms with Gasteiger partial charge in [0.15, 0.2) is 0 Å². The van der Waals surface area contributed by atoms with E-state index in [1.807, 2.05) is 54.4 Å². The number of nitrogens with two attached hydrogens (primary N) is 1. The SMILES string of the molecule is CCC.Cc1ccc(COCCN2CC3N(CC2=O)C(=O)CN(CC#N)N3Cc2ccccc2)cc1.NC=O. The zero-order valence-electron chi connectivity index (χ0n) is 23.2. The molecule has 39 heavy (non-hydrogen) atoms. The minimum atomic E-state index is -0.311. The Bertz CT molecular complexity index is 1070. The van der Waals surface area contributed by atoms with Crippen molar-refractivity contribution in [3.05, 3.63) is 71.3 Å². The summed E-state index contributed by atoms with van der Waals surface area (Å²) >= 11 is 0. The van der Waals surface area contributed by atoms with Gasteiger partial charge in [-0.2, -0.15) is 5.26 Å². The zero-order chi connectivity index (χ0) is 28.6. The molecular weight excluding hydrogens is 496 g/mol. The Balaban J connectivity index is 0.000000815. The fourth-order valence-corrected chi connectivity index (χ4v) is 4.25. The predicted octanol–water partition coefficient (Wildman–Crippen LogP) is 2.28. The number of nitrogens with zero attached hydrogens (tertiary/aromatic N) is 5. The number of carbonyl (C=O) groups is 3. The Hall–Kier alpha value is -3.78. The molecule has 10 heteroatoms. The Morgan fingerprint density at radius 3 is 2.28 bits per heavy atom. The van der Waals surface area contributed by atoms with Crippen LogP contribution in [0.5, 0.6) is 0 Å². The molecule has 4 rings (SSSR count). The molecule has 2 aromatic carbocycles. The van der Waals surface area contributed by atoms with E-state index < -0.39 is 0 Å². The molecule has 2 N–H and O–H groups in total. The van der Waals surface area contributed by atoms with E-state index >= 15 is 0 Å². The molecule has 0 spiro atoms. The summed E-state index contributed by atoms with van der Waals surface area (Å²) in [4.78, 5) is 37.5. The summed E-state index contributed by atoms with van der Waals surface area (Å²) < 4.78 is 5.81. The maximum atomic E-state index is 12.8. The minimum Gasteiger partial charge on any atom is -0.375 e. The lowest BCUT2D eigenvalue weighted by atomic mass is 10.1. The quantitative estimate of drug-likeness (QED) is 0.312. The van der Waals surface area contributed by atoms with E-state index in [0.717, 1.165) is 11.1 Å². The molecule has 210 valence electrons. The third kappa shape index (κ3) is 9.80. The van der Waals surface area contributed by atoms with Crippen LogP contribution in [0.2, 0.25) is 0 Å². The van der Waals surface area contributed by atoms with E-state index in [9.17, 15) is 14.9 Å². The molecule has 0 aromatic heterocycles. The molecule has 2 aliphatic heterocycles. The smallest absolute Gasteiger partial charge is 0.242 e. The van der Waals surface area contributed by atoms with E-state index in [4.69, 9.17) is 9.53 Å². The number of aryl methyl sites for hydroxylation is 1. The van der Waals surface area contributed by atoms with Gasteiger partial charge in [-0.05, 0) is 18.1 Å². The average molecular weight is 537 g/mol. The van der Waals surface area contributed by atoms with Crippen molar-refractivity contribution in [1.29, 1.82) is 5.26 Å². The fraction of sp³-hybridized carbons (Fsp3) is 0.448.